The van der Waals surface area contributed by atoms with E-state index in [4.69, 9.17) is 4.42 Å². The summed E-state index contributed by atoms with van der Waals surface area (Å²) < 4.78 is 5.37. The second-order valence-electron chi connectivity index (χ2n) is 6.90. The van der Waals surface area contributed by atoms with E-state index in [1.54, 1.807) is 18.4 Å². The molecule has 0 atom stereocenters. The van der Waals surface area contributed by atoms with E-state index in [1.807, 2.05) is 53.4 Å². The number of carbonyl (C=O) groups excluding carboxylic acids is 2. The van der Waals surface area contributed by atoms with Gasteiger partial charge in [0.15, 0.2) is 0 Å². The highest BCUT2D eigenvalue weighted by Gasteiger charge is 2.43. The molecule has 0 unspecified atom stereocenters. The summed E-state index contributed by atoms with van der Waals surface area (Å²) in [7, 11) is 0. The lowest BCUT2D eigenvalue weighted by Crippen LogP contribution is -2.34. The van der Waals surface area contributed by atoms with Crippen molar-refractivity contribution < 1.29 is 14.0 Å². The summed E-state index contributed by atoms with van der Waals surface area (Å²) in [4.78, 5) is 29.9. The predicted molar refractivity (Wildman–Crippen MR) is 105 cm³/mol. The Morgan fingerprint density at radius 3 is 2.43 bits per heavy atom. The molecule has 5 rings (SSSR count). The topological polar surface area (TPSA) is 53.8 Å². The summed E-state index contributed by atoms with van der Waals surface area (Å²) in [6.45, 7) is 0.804. The highest BCUT2D eigenvalue weighted by Crippen LogP contribution is 2.38. The Morgan fingerprint density at radius 1 is 0.857 bits per heavy atom. The maximum atomic E-state index is 13.4. The van der Waals surface area contributed by atoms with Gasteiger partial charge in [0.25, 0.3) is 11.8 Å². The minimum atomic E-state index is -0.285. The van der Waals surface area contributed by atoms with E-state index in [0.29, 0.717) is 23.6 Å². The Bertz CT molecular complexity index is 1080. The average molecular weight is 370 g/mol. The number of carbonyl (C=O) groups is 2. The average Bonchev–Trinajstić information content (AvgIpc) is 3.44. The predicted octanol–water partition coefficient (Wildman–Crippen LogP) is 3.62. The van der Waals surface area contributed by atoms with Gasteiger partial charge in [-0.15, -0.1) is 0 Å². The highest BCUT2D eigenvalue weighted by atomic mass is 16.3. The third-order valence-corrected chi connectivity index (χ3v) is 5.26. The quantitative estimate of drug-likeness (QED) is 0.658. The summed E-state index contributed by atoms with van der Waals surface area (Å²) in [5.41, 5.74) is 3.84. The van der Waals surface area contributed by atoms with Gasteiger partial charge in [-0.05, 0) is 35.7 Å². The zero-order valence-corrected chi connectivity index (χ0v) is 15.2. The van der Waals surface area contributed by atoms with Crippen LogP contribution in [-0.2, 0) is 22.6 Å². The number of fused-ring (bicyclic) bond motifs is 1. The van der Waals surface area contributed by atoms with Crippen LogP contribution in [0.2, 0.25) is 0 Å². The third kappa shape index (κ3) is 2.55. The molecule has 0 saturated heterocycles. The van der Waals surface area contributed by atoms with Crippen LogP contribution in [0.5, 0.6) is 0 Å². The number of para-hydroxylation sites is 1. The Morgan fingerprint density at radius 2 is 1.64 bits per heavy atom. The molecule has 0 fully saturated rings. The summed E-state index contributed by atoms with van der Waals surface area (Å²) in [5, 5.41) is 0. The van der Waals surface area contributed by atoms with Crippen molar-refractivity contribution in [3.8, 4) is 0 Å². The molecule has 0 bridgehead atoms. The molecule has 2 aliphatic rings. The molecule has 138 valence electrons. The molecule has 5 heteroatoms. The van der Waals surface area contributed by atoms with Crippen LogP contribution in [0.4, 0.5) is 5.69 Å². The van der Waals surface area contributed by atoms with Crippen LogP contribution >= 0.6 is 0 Å². The molecule has 0 saturated carbocycles. The van der Waals surface area contributed by atoms with Crippen LogP contribution in [0.1, 0.15) is 16.9 Å². The van der Waals surface area contributed by atoms with Crippen molar-refractivity contribution in [3.63, 3.8) is 0 Å². The lowest BCUT2D eigenvalue weighted by atomic mass is 10.0. The fourth-order valence-electron chi connectivity index (χ4n) is 3.95. The molecule has 0 radical (unpaired) electrons. The zero-order valence-electron chi connectivity index (χ0n) is 15.2. The van der Waals surface area contributed by atoms with Crippen molar-refractivity contribution in [1.29, 1.82) is 0 Å². The van der Waals surface area contributed by atoms with Crippen LogP contribution in [0.3, 0.4) is 0 Å². The molecule has 3 aromatic rings. The van der Waals surface area contributed by atoms with E-state index >= 15 is 0 Å². The number of hydrogen-bond acceptors (Lipinski definition) is 4. The fraction of sp³-hybridized carbons (Fsp3) is 0.130. The maximum absolute atomic E-state index is 13.4. The number of nitrogens with zero attached hydrogens (tertiary/aromatic N) is 2. The molecule has 2 amide bonds. The minimum Gasteiger partial charge on any atom is -0.467 e. The summed E-state index contributed by atoms with van der Waals surface area (Å²) in [5.74, 6) is 0.0149. The highest BCUT2D eigenvalue weighted by molar-refractivity contribution is 6.36. The largest absolute Gasteiger partial charge is 0.467 e. The number of imide groups is 1. The van der Waals surface area contributed by atoms with E-state index < -0.39 is 0 Å². The van der Waals surface area contributed by atoms with Crippen molar-refractivity contribution in [3.05, 3.63) is 95.6 Å². The van der Waals surface area contributed by atoms with E-state index in [0.717, 1.165) is 17.7 Å². The molecule has 2 aromatic carbocycles. The van der Waals surface area contributed by atoms with Crippen LogP contribution in [0.15, 0.2) is 83.1 Å². The summed E-state index contributed by atoms with van der Waals surface area (Å²) >= 11 is 0. The molecular weight excluding hydrogens is 352 g/mol. The smallest absolute Gasteiger partial charge is 0.278 e. The van der Waals surface area contributed by atoms with Gasteiger partial charge >= 0.3 is 0 Å². The van der Waals surface area contributed by atoms with Gasteiger partial charge in [-0.25, -0.2) is 0 Å². The third-order valence-electron chi connectivity index (χ3n) is 5.26. The Hall–Kier alpha value is -3.60. The lowest BCUT2D eigenvalue weighted by Gasteiger charge is -2.21. The first-order valence-electron chi connectivity index (χ1n) is 9.28. The van der Waals surface area contributed by atoms with Crippen LogP contribution in [0, 0.1) is 0 Å². The first-order valence-corrected chi connectivity index (χ1v) is 9.28. The zero-order chi connectivity index (χ0) is 19.1. The SMILES string of the molecule is O=C1C(c2ccccc2)=C(N2CCc3ccccc32)C(=O)N1Cc1ccco1. The van der Waals surface area contributed by atoms with Gasteiger partial charge in [-0.1, -0.05) is 48.5 Å². The number of hydrogen-bond donors (Lipinski definition) is 0. The lowest BCUT2D eigenvalue weighted by molar-refractivity contribution is -0.137. The Balaban J connectivity index is 1.63. The van der Waals surface area contributed by atoms with Crippen LogP contribution in [0.25, 0.3) is 5.57 Å². The molecule has 3 heterocycles. The second kappa shape index (κ2) is 6.53. The monoisotopic (exact) mass is 370 g/mol. The molecular formula is C23H18N2O3. The first kappa shape index (κ1) is 16.6. The van der Waals surface area contributed by atoms with Gasteiger partial charge in [0.05, 0.1) is 18.4 Å². The number of amides is 2. The van der Waals surface area contributed by atoms with E-state index in [9.17, 15) is 9.59 Å². The van der Waals surface area contributed by atoms with Crippen LogP contribution < -0.4 is 4.90 Å². The molecule has 2 aliphatic heterocycles. The number of anilines is 1. The number of rotatable bonds is 4. The minimum absolute atomic E-state index is 0.125. The molecule has 28 heavy (non-hydrogen) atoms. The van der Waals surface area contributed by atoms with E-state index in [1.165, 1.54) is 10.5 Å². The Labute approximate surface area is 162 Å². The second-order valence-corrected chi connectivity index (χ2v) is 6.90. The maximum Gasteiger partial charge on any atom is 0.278 e. The van der Waals surface area contributed by atoms with Gasteiger partial charge < -0.3 is 9.32 Å². The molecule has 5 nitrogen and oxygen atoms in total. The fourth-order valence-corrected chi connectivity index (χ4v) is 3.95. The standard InChI is InChI=1S/C23H18N2O3/c26-22-20(17-8-2-1-3-9-17)21(23(27)25(22)15-18-10-6-14-28-18)24-13-12-16-7-4-5-11-19(16)24/h1-11,14H,12-13,15H2. The normalized spacial score (nSPS) is 16.3. The molecule has 0 aliphatic carbocycles. The van der Waals surface area contributed by atoms with Crippen molar-refractivity contribution >= 4 is 23.1 Å². The van der Waals surface area contributed by atoms with Gasteiger partial charge in [0.1, 0.15) is 11.5 Å². The Kier molecular flexibility index (Phi) is 3.86. The van der Waals surface area contributed by atoms with Gasteiger partial charge in [-0.2, -0.15) is 0 Å². The first-order chi connectivity index (χ1) is 13.7. The van der Waals surface area contributed by atoms with Crippen molar-refractivity contribution in [2.75, 3.05) is 11.4 Å². The van der Waals surface area contributed by atoms with Crippen molar-refractivity contribution in [2.24, 2.45) is 0 Å². The molecule has 0 N–H and O–H groups in total. The van der Waals surface area contributed by atoms with Gasteiger partial charge in [0, 0.05) is 12.2 Å². The number of furan rings is 1. The van der Waals surface area contributed by atoms with Crippen molar-refractivity contribution in [2.45, 2.75) is 13.0 Å². The summed E-state index contributed by atoms with van der Waals surface area (Å²) in [6, 6.07) is 21.0. The van der Waals surface area contributed by atoms with Crippen LogP contribution in [-0.4, -0.2) is 23.3 Å². The van der Waals surface area contributed by atoms with E-state index in [-0.39, 0.29) is 18.4 Å². The molecule has 1 aromatic heterocycles. The molecule has 0 spiro atoms. The van der Waals surface area contributed by atoms with E-state index in [2.05, 4.69) is 6.07 Å². The van der Waals surface area contributed by atoms with Gasteiger partial charge in [0.2, 0.25) is 0 Å². The van der Waals surface area contributed by atoms with Gasteiger partial charge in [-0.3, -0.25) is 14.5 Å². The van der Waals surface area contributed by atoms with Crippen molar-refractivity contribution in [1.82, 2.24) is 4.90 Å². The summed E-state index contributed by atoms with van der Waals surface area (Å²) in [6.07, 6.45) is 2.39. The number of benzene rings is 2.